The van der Waals surface area contributed by atoms with Crippen LogP contribution in [-0.2, 0) is 6.54 Å². The Morgan fingerprint density at radius 1 is 1.29 bits per heavy atom. The fourth-order valence-corrected chi connectivity index (χ4v) is 2.64. The van der Waals surface area contributed by atoms with Gasteiger partial charge in [-0.3, -0.25) is 0 Å². The molecule has 0 fully saturated rings. The summed E-state index contributed by atoms with van der Waals surface area (Å²) in [7, 11) is 0. The highest BCUT2D eigenvalue weighted by Crippen LogP contribution is 2.25. The Kier molecular flexibility index (Phi) is 7.81. The van der Waals surface area contributed by atoms with Crippen LogP contribution in [0.2, 0.25) is 0 Å². The van der Waals surface area contributed by atoms with E-state index < -0.39 is 0 Å². The maximum atomic E-state index is 9.45. The highest BCUT2D eigenvalue weighted by molar-refractivity contribution is 5.61. The Hall–Kier alpha value is -1.57. The largest absolute Gasteiger partial charge is 0.395 e. The van der Waals surface area contributed by atoms with E-state index in [1.807, 2.05) is 12.1 Å². The van der Waals surface area contributed by atoms with Gasteiger partial charge in [-0.15, -0.1) is 0 Å². The molecule has 0 radical (unpaired) electrons. The molecular formula is C17H27N3O. The van der Waals surface area contributed by atoms with E-state index in [0.717, 1.165) is 37.2 Å². The number of nitrogens with zero attached hydrogens (tertiary/aromatic N) is 2. The first kappa shape index (κ1) is 17.5. The van der Waals surface area contributed by atoms with Crippen molar-refractivity contribution >= 4 is 5.69 Å². The molecule has 0 aromatic heterocycles. The molecule has 0 saturated carbocycles. The van der Waals surface area contributed by atoms with E-state index in [9.17, 15) is 10.4 Å². The van der Waals surface area contributed by atoms with Crippen molar-refractivity contribution in [1.82, 2.24) is 5.32 Å². The maximum absolute atomic E-state index is 9.45. The van der Waals surface area contributed by atoms with Gasteiger partial charge in [0.05, 0.1) is 17.9 Å². The number of benzene rings is 1. The standard InChI is InChI=1S/C17H27N3O/c1-4-16(5-2)20(9-10-21)17-8-7-14(13-19-6-3)11-15(17)12-18/h7-8,11,16,19,21H,4-6,9-10,13H2,1-3H3. The number of nitriles is 1. The van der Waals surface area contributed by atoms with Crippen molar-refractivity contribution in [2.45, 2.75) is 46.2 Å². The van der Waals surface area contributed by atoms with Crippen LogP contribution in [0.15, 0.2) is 18.2 Å². The van der Waals surface area contributed by atoms with Crippen molar-refractivity contribution in [1.29, 1.82) is 5.26 Å². The summed E-state index contributed by atoms with van der Waals surface area (Å²) in [5.41, 5.74) is 2.73. The first-order valence-electron chi connectivity index (χ1n) is 7.82. The molecule has 0 aliphatic rings. The summed E-state index contributed by atoms with van der Waals surface area (Å²) in [5.74, 6) is 0. The summed E-state index contributed by atoms with van der Waals surface area (Å²) in [6.45, 7) is 8.70. The zero-order chi connectivity index (χ0) is 15.7. The molecule has 4 nitrogen and oxygen atoms in total. The number of nitrogens with one attached hydrogen (secondary N) is 1. The van der Waals surface area contributed by atoms with Gasteiger partial charge < -0.3 is 15.3 Å². The normalized spacial score (nSPS) is 10.7. The van der Waals surface area contributed by atoms with Gasteiger partial charge in [0.15, 0.2) is 0 Å². The Labute approximate surface area is 128 Å². The molecule has 0 saturated heterocycles. The number of aliphatic hydroxyl groups excluding tert-OH is 1. The average molecular weight is 289 g/mol. The molecule has 0 heterocycles. The van der Waals surface area contributed by atoms with Crippen LogP contribution in [0, 0.1) is 11.3 Å². The number of hydrogen-bond acceptors (Lipinski definition) is 4. The molecule has 0 amide bonds. The monoisotopic (exact) mass is 289 g/mol. The topological polar surface area (TPSA) is 59.3 Å². The smallest absolute Gasteiger partial charge is 0.101 e. The van der Waals surface area contributed by atoms with Gasteiger partial charge in [0, 0.05) is 19.1 Å². The molecule has 116 valence electrons. The van der Waals surface area contributed by atoms with Gasteiger partial charge in [-0.2, -0.15) is 5.26 Å². The first-order valence-corrected chi connectivity index (χ1v) is 7.82. The van der Waals surface area contributed by atoms with Crippen LogP contribution < -0.4 is 10.2 Å². The Morgan fingerprint density at radius 2 is 2.00 bits per heavy atom. The predicted molar refractivity (Wildman–Crippen MR) is 87.3 cm³/mol. The molecule has 1 rings (SSSR count). The summed E-state index contributed by atoms with van der Waals surface area (Å²) < 4.78 is 0. The summed E-state index contributed by atoms with van der Waals surface area (Å²) in [4.78, 5) is 2.16. The summed E-state index contributed by atoms with van der Waals surface area (Å²) in [5, 5.41) is 22.1. The van der Waals surface area contributed by atoms with E-state index in [2.05, 4.69) is 43.1 Å². The molecular weight excluding hydrogens is 262 g/mol. The second-order valence-corrected chi connectivity index (χ2v) is 5.13. The van der Waals surface area contributed by atoms with Crippen LogP contribution in [0.5, 0.6) is 0 Å². The van der Waals surface area contributed by atoms with Gasteiger partial charge in [0.1, 0.15) is 6.07 Å². The van der Waals surface area contributed by atoms with E-state index in [-0.39, 0.29) is 6.61 Å². The molecule has 0 spiro atoms. The SMILES string of the molecule is CCNCc1ccc(N(CCO)C(CC)CC)c(C#N)c1. The number of anilines is 1. The van der Waals surface area contributed by atoms with Gasteiger partial charge in [-0.25, -0.2) is 0 Å². The van der Waals surface area contributed by atoms with Crippen molar-refractivity contribution in [3.63, 3.8) is 0 Å². The lowest BCUT2D eigenvalue weighted by atomic mass is 10.0. The minimum atomic E-state index is 0.0977. The number of rotatable bonds is 9. The lowest BCUT2D eigenvalue weighted by Crippen LogP contribution is -2.37. The quantitative estimate of drug-likeness (QED) is 0.734. The van der Waals surface area contributed by atoms with Crippen LogP contribution in [-0.4, -0.2) is 30.8 Å². The highest BCUT2D eigenvalue weighted by Gasteiger charge is 2.18. The van der Waals surface area contributed by atoms with Crippen molar-refractivity contribution in [3.05, 3.63) is 29.3 Å². The zero-order valence-electron chi connectivity index (χ0n) is 13.4. The number of aliphatic hydroxyl groups is 1. The van der Waals surface area contributed by atoms with Crippen molar-refractivity contribution in [2.24, 2.45) is 0 Å². The van der Waals surface area contributed by atoms with Crippen LogP contribution >= 0.6 is 0 Å². The van der Waals surface area contributed by atoms with E-state index >= 15 is 0 Å². The van der Waals surface area contributed by atoms with E-state index in [1.165, 1.54) is 0 Å². The third-order valence-corrected chi connectivity index (χ3v) is 3.79. The predicted octanol–water partition coefficient (Wildman–Crippen LogP) is 2.66. The summed E-state index contributed by atoms with van der Waals surface area (Å²) >= 11 is 0. The van der Waals surface area contributed by atoms with Crippen LogP contribution in [0.25, 0.3) is 0 Å². The second kappa shape index (κ2) is 9.38. The second-order valence-electron chi connectivity index (χ2n) is 5.13. The Bertz CT molecular complexity index is 464. The van der Waals surface area contributed by atoms with Crippen LogP contribution in [0.4, 0.5) is 5.69 Å². The highest BCUT2D eigenvalue weighted by atomic mass is 16.3. The lowest BCUT2D eigenvalue weighted by Gasteiger charge is -2.33. The van der Waals surface area contributed by atoms with Gasteiger partial charge >= 0.3 is 0 Å². The lowest BCUT2D eigenvalue weighted by molar-refractivity contribution is 0.296. The number of hydrogen-bond donors (Lipinski definition) is 2. The molecule has 0 unspecified atom stereocenters. The molecule has 1 aromatic carbocycles. The minimum absolute atomic E-state index is 0.0977. The maximum Gasteiger partial charge on any atom is 0.101 e. The fraction of sp³-hybridized carbons (Fsp3) is 0.588. The average Bonchev–Trinajstić information content (AvgIpc) is 2.53. The third-order valence-electron chi connectivity index (χ3n) is 3.79. The molecule has 0 aliphatic heterocycles. The van der Waals surface area contributed by atoms with Gasteiger partial charge in [-0.1, -0.05) is 26.8 Å². The molecule has 1 aromatic rings. The van der Waals surface area contributed by atoms with Crippen molar-refractivity contribution in [2.75, 3.05) is 24.6 Å². The third kappa shape index (κ3) is 4.73. The molecule has 0 aliphatic carbocycles. The minimum Gasteiger partial charge on any atom is -0.395 e. The van der Waals surface area contributed by atoms with E-state index in [4.69, 9.17) is 0 Å². The Balaban J connectivity index is 3.10. The van der Waals surface area contributed by atoms with Gasteiger partial charge in [0.2, 0.25) is 0 Å². The van der Waals surface area contributed by atoms with Crippen molar-refractivity contribution in [3.8, 4) is 6.07 Å². The van der Waals surface area contributed by atoms with Crippen molar-refractivity contribution < 1.29 is 5.11 Å². The van der Waals surface area contributed by atoms with Gasteiger partial charge in [0.25, 0.3) is 0 Å². The summed E-state index contributed by atoms with van der Waals surface area (Å²) in [6, 6.07) is 8.68. The molecule has 0 bridgehead atoms. The molecule has 2 N–H and O–H groups in total. The fourth-order valence-electron chi connectivity index (χ4n) is 2.64. The summed E-state index contributed by atoms with van der Waals surface area (Å²) in [6.07, 6.45) is 2.00. The van der Waals surface area contributed by atoms with E-state index in [1.54, 1.807) is 0 Å². The zero-order valence-corrected chi connectivity index (χ0v) is 13.4. The van der Waals surface area contributed by atoms with E-state index in [0.29, 0.717) is 18.2 Å². The van der Waals surface area contributed by atoms with Crippen LogP contribution in [0.1, 0.15) is 44.7 Å². The molecule has 21 heavy (non-hydrogen) atoms. The molecule has 4 heteroatoms. The molecule has 0 atom stereocenters. The van der Waals surface area contributed by atoms with Gasteiger partial charge in [-0.05, 0) is 37.1 Å². The Morgan fingerprint density at radius 3 is 2.52 bits per heavy atom. The first-order chi connectivity index (χ1) is 10.2. The van der Waals surface area contributed by atoms with Crippen LogP contribution in [0.3, 0.4) is 0 Å².